The highest BCUT2D eigenvalue weighted by Gasteiger charge is 2.40. The molecule has 0 spiro atoms. The summed E-state index contributed by atoms with van der Waals surface area (Å²) in [4.78, 5) is 14.3. The van der Waals surface area contributed by atoms with Gasteiger partial charge in [0.1, 0.15) is 11.9 Å². The molecule has 1 heterocycles. The Kier molecular flexibility index (Phi) is 5.20. The van der Waals surface area contributed by atoms with Gasteiger partial charge in [-0.3, -0.25) is 10.1 Å². The normalized spacial score (nSPS) is 23.4. The van der Waals surface area contributed by atoms with Gasteiger partial charge in [0.05, 0.1) is 25.8 Å². The number of methoxy groups -OCH3 is 1. The highest BCUT2D eigenvalue weighted by Crippen LogP contribution is 2.33. The third kappa shape index (κ3) is 3.19. The molecule has 1 aromatic rings. The average molecular weight is 292 g/mol. The average Bonchev–Trinajstić information content (AvgIpc) is 2.80. The van der Waals surface area contributed by atoms with E-state index in [9.17, 15) is 4.79 Å². The number of benzene rings is 1. The molecule has 21 heavy (non-hydrogen) atoms. The van der Waals surface area contributed by atoms with Crippen LogP contribution in [0.15, 0.2) is 24.3 Å². The van der Waals surface area contributed by atoms with Crippen LogP contribution in [-0.2, 0) is 9.53 Å². The summed E-state index contributed by atoms with van der Waals surface area (Å²) >= 11 is 0. The predicted octanol–water partition coefficient (Wildman–Crippen LogP) is 1.94. The van der Waals surface area contributed by atoms with Crippen LogP contribution >= 0.6 is 0 Å². The van der Waals surface area contributed by atoms with E-state index in [0.29, 0.717) is 13.2 Å². The summed E-state index contributed by atoms with van der Waals surface area (Å²) in [5.74, 6) is 0.878. The summed E-state index contributed by atoms with van der Waals surface area (Å²) in [6.45, 7) is 7.03. The van der Waals surface area contributed by atoms with Crippen molar-refractivity contribution >= 4 is 5.91 Å². The van der Waals surface area contributed by atoms with E-state index in [2.05, 4.69) is 5.32 Å². The highest BCUT2D eigenvalue weighted by atomic mass is 16.5. The largest absolute Gasteiger partial charge is 0.496 e. The molecular formula is C16H24N2O3. The van der Waals surface area contributed by atoms with Crippen LogP contribution in [0.2, 0.25) is 0 Å². The van der Waals surface area contributed by atoms with Crippen molar-refractivity contribution in [3.63, 3.8) is 0 Å². The van der Waals surface area contributed by atoms with Gasteiger partial charge in [-0.2, -0.15) is 0 Å². The molecule has 1 saturated heterocycles. The molecule has 1 aliphatic rings. The molecule has 5 nitrogen and oxygen atoms in total. The van der Waals surface area contributed by atoms with Crippen molar-refractivity contribution in [3.8, 4) is 5.75 Å². The molecule has 3 unspecified atom stereocenters. The zero-order chi connectivity index (χ0) is 15.4. The Balaban J connectivity index is 2.29. The summed E-state index contributed by atoms with van der Waals surface area (Å²) in [6, 6.07) is 7.58. The highest BCUT2D eigenvalue weighted by molar-refractivity contribution is 5.84. The van der Waals surface area contributed by atoms with Gasteiger partial charge in [-0.25, -0.2) is 0 Å². The van der Waals surface area contributed by atoms with Gasteiger partial charge in [-0.05, 0) is 26.8 Å². The SMILES string of the molecule is CCOCC(C)N1C(=O)C(C)NC1c1ccccc1OC. The molecule has 0 saturated carbocycles. The van der Waals surface area contributed by atoms with E-state index in [1.807, 2.05) is 49.9 Å². The lowest BCUT2D eigenvalue weighted by Gasteiger charge is -2.31. The smallest absolute Gasteiger partial charge is 0.241 e. The van der Waals surface area contributed by atoms with Gasteiger partial charge in [0.15, 0.2) is 0 Å². The molecule has 1 amide bonds. The van der Waals surface area contributed by atoms with Crippen LogP contribution in [0.4, 0.5) is 0 Å². The van der Waals surface area contributed by atoms with Crippen LogP contribution in [0.25, 0.3) is 0 Å². The molecule has 0 bridgehead atoms. The Hall–Kier alpha value is -1.59. The number of ether oxygens (including phenoxy) is 2. The van der Waals surface area contributed by atoms with E-state index in [4.69, 9.17) is 9.47 Å². The molecule has 0 aliphatic carbocycles. The third-order valence-electron chi connectivity index (χ3n) is 3.78. The monoisotopic (exact) mass is 292 g/mol. The van der Waals surface area contributed by atoms with E-state index in [1.165, 1.54) is 0 Å². The lowest BCUT2D eigenvalue weighted by molar-refractivity contribution is -0.133. The fourth-order valence-corrected chi connectivity index (χ4v) is 2.71. The molecule has 0 aromatic heterocycles. The second kappa shape index (κ2) is 6.91. The zero-order valence-electron chi connectivity index (χ0n) is 13.1. The van der Waals surface area contributed by atoms with Crippen LogP contribution in [0, 0.1) is 0 Å². The zero-order valence-corrected chi connectivity index (χ0v) is 13.1. The van der Waals surface area contributed by atoms with Crippen LogP contribution in [0.1, 0.15) is 32.5 Å². The lowest BCUT2D eigenvalue weighted by Crippen LogP contribution is -2.41. The van der Waals surface area contributed by atoms with Gasteiger partial charge in [0, 0.05) is 12.2 Å². The van der Waals surface area contributed by atoms with Crippen molar-refractivity contribution in [2.24, 2.45) is 0 Å². The van der Waals surface area contributed by atoms with Gasteiger partial charge >= 0.3 is 0 Å². The minimum atomic E-state index is -0.205. The Morgan fingerprint density at radius 1 is 1.38 bits per heavy atom. The predicted molar refractivity (Wildman–Crippen MR) is 81.1 cm³/mol. The van der Waals surface area contributed by atoms with Crippen LogP contribution in [0.3, 0.4) is 0 Å². The molecule has 1 aliphatic heterocycles. The molecule has 0 radical (unpaired) electrons. The lowest BCUT2D eigenvalue weighted by atomic mass is 10.1. The van der Waals surface area contributed by atoms with Crippen molar-refractivity contribution in [3.05, 3.63) is 29.8 Å². The molecular weight excluding hydrogens is 268 g/mol. The van der Waals surface area contributed by atoms with Crippen LogP contribution < -0.4 is 10.1 Å². The molecule has 1 aromatic carbocycles. The summed E-state index contributed by atoms with van der Waals surface area (Å²) in [5, 5.41) is 3.34. The first-order chi connectivity index (χ1) is 10.1. The first-order valence-corrected chi connectivity index (χ1v) is 7.39. The third-order valence-corrected chi connectivity index (χ3v) is 3.78. The van der Waals surface area contributed by atoms with E-state index in [1.54, 1.807) is 7.11 Å². The molecule has 1 N–H and O–H groups in total. The summed E-state index contributed by atoms with van der Waals surface area (Å²) in [5.41, 5.74) is 0.973. The van der Waals surface area contributed by atoms with Crippen LogP contribution in [-0.4, -0.2) is 43.2 Å². The number of hydrogen-bond acceptors (Lipinski definition) is 4. The Labute approximate surface area is 126 Å². The molecule has 5 heteroatoms. The summed E-state index contributed by atoms with van der Waals surface area (Å²) in [6.07, 6.45) is -0.181. The number of nitrogens with zero attached hydrogens (tertiary/aromatic N) is 1. The van der Waals surface area contributed by atoms with Crippen molar-refractivity contribution in [2.75, 3.05) is 20.3 Å². The van der Waals surface area contributed by atoms with E-state index >= 15 is 0 Å². The first kappa shape index (κ1) is 15.8. The van der Waals surface area contributed by atoms with Crippen molar-refractivity contribution in [1.82, 2.24) is 10.2 Å². The number of amides is 1. The maximum Gasteiger partial charge on any atom is 0.241 e. The topological polar surface area (TPSA) is 50.8 Å². The fraction of sp³-hybridized carbons (Fsp3) is 0.562. The van der Waals surface area contributed by atoms with E-state index in [-0.39, 0.29) is 24.2 Å². The minimum Gasteiger partial charge on any atom is -0.496 e. The van der Waals surface area contributed by atoms with E-state index in [0.717, 1.165) is 11.3 Å². The second-order valence-corrected chi connectivity index (χ2v) is 5.29. The van der Waals surface area contributed by atoms with Gasteiger partial charge in [-0.15, -0.1) is 0 Å². The van der Waals surface area contributed by atoms with Crippen molar-refractivity contribution in [1.29, 1.82) is 0 Å². The standard InChI is InChI=1S/C16H24N2O3/c1-5-21-10-11(2)18-15(17-12(3)16(18)19)13-8-6-7-9-14(13)20-4/h6-9,11-12,15,17H,5,10H2,1-4H3. The van der Waals surface area contributed by atoms with Crippen LogP contribution in [0.5, 0.6) is 5.75 Å². The van der Waals surface area contributed by atoms with Gasteiger partial charge in [-0.1, -0.05) is 18.2 Å². The number of para-hydroxylation sites is 1. The Bertz CT molecular complexity index is 492. The Morgan fingerprint density at radius 2 is 2.10 bits per heavy atom. The number of rotatable bonds is 6. The fourth-order valence-electron chi connectivity index (χ4n) is 2.71. The number of carbonyl (C=O) groups excluding carboxylic acids is 1. The maximum atomic E-state index is 12.5. The van der Waals surface area contributed by atoms with Gasteiger partial charge in [0.2, 0.25) is 5.91 Å². The molecule has 1 fully saturated rings. The molecule has 3 atom stereocenters. The Morgan fingerprint density at radius 3 is 2.76 bits per heavy atom. The molecule has 116 valence electrons. The number of nitrogens with one attached hydrogen (secondary N) is 1. The first-order valence-electron chi connectivity index (χ1n) is 7.39. The second-order valence-electron chi connectivity index (χ2n) is 5.29. The van der Waals surface area contributed by atoms with Gasteiger partial charge in [0.25, 0.3) is 0 Å². The van der Waals surface area contributed by atoms with Crippen molar-refractivity contribution < 1.29 is 14.3 Å². The van der Waals surface area contributed by atoms with Gasteiger partial charge < -0.3 is 14.4 Å². The minimum absolute atomic E-state index is 0.00446. The number of carbonyl (C=O) groups is 1. The summed E-state index contributed by atoms with van der Waals surface area (Å²) < 4.78 is 10.9. The maximum absolute atomic E-state index is 12.5. The quantitative estimate of drug-likeness (QED) is 0.870. The van der Waals surface area contributed by atoms with E-state index < -0.39 is 0 Å². The summed E-state index contributed by atoms with van der Waals surface area (Å²) in [7, 11) is 1.65. The molecule has 2 rings (SSSR count). The van der Waals surface area contributed by atoms with Crippen molar-refractivity contribution in [2.45, 2.75) is 39.0 Å². The number of hydrogen-bond donors (Lipinski definition) is 1.